The number of piperidine rings is 1. The normalized spacial score (nSPS) is 21.5. The zero-order valence-corrected chi connectivity index (χ0v) is 28.1. The summed E-state index contributed by atoms with van der Waals surface area (Å²) in [6, 6.07) is 2.73. The van der Waals surface area contributed by atoms with E-state index in [0.29, 0.717) is 49.3 Å². The van der Waals surface area contributed by atoms with Crippen molar-refractivity contribution >= 4 is 60.2 Å². The molecule has 8 nitrogen and oxygen atoms in total. The van der Waals surface area contributed by atoms with E-state index in [1.165, 1.54) is 12.8 Å². The molecule has 2 aromatic heterocycles. The van der Waals surface area contributed by atoms with E-state index < -0.39 is 23.5 Å². The first-order valence-corrected chi connectivity index (χ1v) is 15.5. The third kappa shape index (κ3) is 9.26. The number of hydrogen-bond donors (Lipinski definition) is 3. The molecule has 0 radical (unpaired) electrons. The number of alkyl halides is 6. The van der Waals surface area contributed by atoms with Crippen LogP contribution in [0.25, 0.3) is 11.2 Å². The van der Waals surface area contributed by atoms with Gasteiger partial charge in [0.05, 0.1) is 17.5 Å². The summed E-state index contributed by atoms with van der Waals surface area (Å²) in [5, 5.41) is 5.48. The van der Waals surface area contributed by atoms with E-state index in [-0.39, 0.29) is 73.3 Å². The molecule has 47 heavy (non-hydrogen) atoms. The first-order chi connectivity index (χ1) is 20.9. The Bertz CT molecular complexity index is 1450. The van der Waals surface area contributed by atoms with Crippen LogP contribution in [0, 0.1) is 5.92 Å². The van der Waals surface area contributed by atoms with Crippen LogP contribution >= 0.6 is 37.2 Å². The Morgan fingerprint density at radius 2 is 1.49 bits per heavy atom. The number of fused-ring (bicyclic) bond motifs is 1. The van der Waals surface area contributed by atoms with Gasteiger partial charge in [-0.15, -0.1) is 37.2 Å². The second kappa shape index (κ2) is 16.0. The number of nitrogens with zero attached hydrogens (tertiary/aromatic N) is 5. The molecule has 3 fully saturated rings. The maximum Gasteiger partial charge on any atom is 0.416 e. The number of aromatic nitrogens is 4. The first-order valence-electron chi connectivity index (χ1n) is 15.5. The van der Waals surface area contributed by atoms with Crippen LogP contribution in [-0.4, -0.2) is 49.7 Å². The predicted molar refractivity (Wildman–Crippen MR) is 176 cm³/mol. The van der Waals surface area contributed by atoms with E-state index >= 15 is 0 Å². The highest BCUT2D eigenvalue weighted by Gasteiger charge is 2.38. The largest absolute Gasteiger partial charge is 0.416 e. The monoisotopic (exact) mass is 732 g/mol. The quantitative estimate of drug-likeness (QED) is 0.211. The lowest BCUT2D eigenvalue weighted by atomic mass is 9.88. The molecule has 2 saturated carbocycles. The minimum absolute atomic E-state index is 0. The van der Waals surface area contributed by atoms with Crippen molar-refractivity contribution in [2.45, 2.75) is 101 Å². The Morgan fingerprint density at radius 1 is 0.830 bits per heavy atom. The average Bonchev–Trinajstić information content (AvgIpc) is 3.65. The second-order valence-electron chi connectivity index (χ2n) is 12.5. The topological polar surface area (TPSA) is 96.9 Å². The van der Waals surface area contributed by atoms with Gasteiger partial charge in [0.15, 0.2) is 17.0 Å². The molecule has 0 bridgehead atoms. The van der Waals surface area contributed by atoms with Crippen molar-refractivity contribution in [2.75, 3.05) is 23.8 Å². The lowest BCUT2D eigenvalue weighted by Gasteiger charge is -2.33. The molecular formula is C30H41Cl3F6N8. The number of rotatable bonds is 7. The van der Waals surface area contributed by atoms with E-state index in [0.717, 1.165) is 56.3 Å². The summed E-state index contributed by atoms with van der Waals surface area (Å²) in [6.45, 7) is 1.06. The minimum Gasteiger partial charge on any atom is -0.351 e. The molecule has 0 atom stereocenters. The number of hydrogen-bond acceptors (Lipinski definition) is 7. The predicted octanol–water partition coefficient (Wildman–Crippen LogP) is 8.21. The maximum absolute atomic E-state index is 13.7. The highest BCUT2D eigenvalue weighted by molar-refractivity contribution is 5.86. The van der Waals surface area contributed by atoms with Crippen molar-refractivity contribution in [3.8, 4) is 0 Å². The van der Waals surface area contributed by atoms with Gasteiger partial charge in [-0.25, -0.2) is 9.99 Å². The lowest BCUT2D eigenvalue weighted by molar-refractivity contribution is -0.143. The Kier molecular flexibility index (Phi) is 13.3. The Hall–Kier alpha value is -2.26. The summed E-state index contributed by atoms with van der Waals surface area (Å²) in [5.74, 6) is 0.993. The highest BCUT2D eigenvalue weighted by atomic mass is 35.5. The zero-order valence-electron chi connectivity index (χ0n) is 25.6. The van der Waals surface area contributed by atoms with Gasteiger partial charge in [0.2, 0.25) is 5.95 Å². The molecule has 0 spiro atoms. The molecule has 0 unspecified atom stereocenters. The smallest absolute Gasteiger partial charge is 0.351 e. The van der Waals surface area contributed by atoms with Crippen LogP contribution in [0.4, 0.5) is 38.1 Å². The fourth-order valence-electron chi connectivity index (χ4n) is 6.86. The van der Waals surface area contributed by atoms with E-state index in [9.17, 15) is 26.3 Å². The van der Waals surface area contributed by atoms with Gasteiger partial charge in [-0.1, -0.05) is 18.9 Å². The summed E-state index contributed by atoms with van der Waals surface area (Å²) >= 11 is 0. The van der Waals surface area contributed by atoms with Gasteiger partial charge >= 0.3 is 12.4 Å². The van der Waals surface area contributed by atoms with Crippen molar-refractivity contribution in [1.29, 1.82) is 0 Å². The van der Waals surface area contributed by atoms with Crippen LogP contribution in [0.2, 0.25) is 0 Å². The van der Waals surface area contributed by atoms with Gasteiger partial charge in [0.1, 0.15) is 0 Å². The van der Waals surface area contributed by atoms with E-state index in [4.69, 9.17) is 15.7 Å². The number of nitrogens with two attached hydrogens (primary N) is 1. The average molecular weight is 734 g/mol. The van der Waals surface area contributed by atoms with Crippen LogP contribution in [0.5, 0.6) is 0 Å². The van der Waals surface area contributed by atoms with Crippen LogP contribution in [0.1, 0.15) is 86.9 Å². The molecule has 3 aliphatic rings. The number of benzene rings is 1. The van der Waals surface area contributed by atoms with E-state index in [2.05, 4.69) is 20.3 Å². The van der Waals surface area contributed by atoms with Gasteiger partial charge < -0.3 is 21.0 Å². The molecule has 4 N–H and O–H groups in total. The zero-order chi connectivity index (χ0) is 31.1. The molecule has 1 aromatic carbocycles. The fourth-order valence-corrected chi connectivity index (χ4v) is 6.86. The first kappa shape index (κ1) is 39.2. The minimum atomic E-state index is -4.87. The summed E-state index contributed by atoms with van der Waals surface area (Å²) in [7, 11) is 0. The summed E-state index contributed by atoms with van der Waals surface area (Å²) in [4.78, 5) is 14.4. The van der Waals surface area contributed by atoms with Gasteiger partial charge in [0.25, 0.3) is 0 Å². The van der Waals surface area contributed by atoms with E-state index in [1.54, 1.807) is 0 Å². The van der Waals surface area contributed by atoms with Crippen molar-refractivity contribution < 1.29 is 26.3 Å². The van der Waals surface area contributed by atoms with Crippen molar-refractivity contribution in [1.82, 2.24) is 24.5 Å². The van der Waals surface area contributed by atoms with Crippen LogP contribution in [-0.2, 0) is 18.8 Å². The fraction of sp³-hybridized carbons (Fsp3) is 0.633. The standard InChI is InChI=1S/C30H38F6N8.3ClH/c31-29(32,33)20-6-5-19(24(16-20)30(34,35)36)15-18-11-13-43(14-12-18)42-26-25-27(44(17-38-25)23-3-1-2-4-23)41-28(40-26)39-22-9-7-21(37)8-10-22;;;/h5-6,16-18,21-23H,1-4,7-15,37H2,(H2,39,40,41,42);3*1H. The number of halogens is 9. The molecule has 6 rings (SSSR count). The molecule has 3 heterocycles. The number of hydrazine groups is 1. The van der Waals surface area contributed by atoms with Gasteiger partial charge in [-0.05, 0) is 81.4 Å². The molecule has 0 amide bonds. The van der Waals surface area contributed by atoms with Gasteiger partial charge in [-0.2, -0.15) is 36.3 Å². The number of anilines is 2. The van der Waals surface area contributed by atoms with Crippen molar-refractivity contribution in [3.05, 3.63) is 41.2 Å². The van der Waals surface area contributed by atoms with Gasteiger partial charge in [-0.3, -0.25) is 0 Å². The third-order valence-electron chi connectivity index (χ3n) is 9.37. The molecule has 3 aromatic rings. The molecule has 1 saturated heterocycles. The van der Waals surface area contributed by atoms with Crippen molar-refractivity contribution in [2.24, 2.45) is 11.7 Å². The summed E-state index contributed by atoms with van der Waals surface area (Å²) in [6.07, 6.45) is 1.57. The van der Waals surface area contributed by atoms with E-state index in [1.807, 2.05) is 11.3 Å². The Labute approximate surface area is 288 Å². The Morgan fingerprint density at radius 3 is 2.11 bits per heavy atom. The lowest BCUT2D eigenvalue weighted by Crippen LogP contribution is -2.39. The van der Waals surface area contributed by atoms with Gasteiger partial charge in [0, 0.05) is 31.2 Å². The van der Waals surface area contributed by atoms with Crippen molar-refractivity contribution in [3.63, 3.8) is 0 Å². The SMILES string of the molecule is Cl.Cl.Cl.NC1CCC(Nc2nc(NN3CCC(Cc4ccc(C(F)(F)F)cc4C(F)(F)F)CC3)c3ncn(C4CCCC4)c3n2)CC1. The summed E-state index contributed by atoms with van der Waals surface area (Å²) in [5.41, 5.74) is 8.31. The number of imidazole rings is 1. The highest BCUT2D eigenvalue weighted by Crippen LogP contribution is 2.39. The maximum atomic E-state index is 13.7. The summed E-state index contributed by atoms with van der Waals surface area (Å²) < 4.78 is 82.5. The number of nitrogens with one attached hydrogen (secondary N) is 2. The molecule has 1 aliphatic heterocycles. The van der Waals surface area contributed by atoms with Crippen LogP contribution in [0.15, 0.2) is 24.5 Å². The van der Waals surface area contributed by atoms with Crippen LogP contribution < -0.4 is 16.5 Å². The molecule has 17 heteroatoms. The van der Waals surface area contributed by atoms with Crippen LogP contribution in [0.3, 0.4) is 0 Å². The third-order valence-corrected chi connectivity index (χ3v) is 9.37. The Balaban J connectivity index is 0.00000200. The second-order valence-corrected chi connectivity index (χ2v) is 12.5. The molecule has 2 aliphatic carbocycles. The molecule has 264 valence electrons. The molecular weight excluding hydrogens is 693 g/mol.